The van der Waals surface area contributed by atoms with Gasteiger partial charge < -0.3 is 43.0 Å². The van der Waals surface area contributed by atoms with Crippen LogP contribution < -0.4 is 0 Å². The van der Waals surface area contributed by atoms with Crippen LogP contribution in [-0.2, 0) is 71.5 Å². The lowest BCUT2D eigenvalue weighted by molar-refractivity contribution is -0.279. The maximum Gasteiger partial charge on any atom is 0.312 e. The summed E-state index contributed by atoms with van der Waals surface area (Å²) in [5, 5.41) is 12.9. The highest BCUT2D eigenvalue weighted by Gasteiger charge is 2.81. The molecular weight excluding hydrogens is 676 g/mol. The lowest BCUT2D eigenvalue weighted by Crippen LogP contribution is -2.76. The summed E-state index contributed by atoms with van der Waals surface area (Å²) < 4.78 is 46.4. The first kappa shape index (κ1) is 39.5. The van der Waals surface area contributed by atoms with E-state index in [9.17, 15) is 38.7 Å². The Kier molecular flexibility index (Phi) is 11.4. The van der Waals surface area contributed by atoms with Gasteiger partial charge in [-0.25, -0.2) is 0 Å². The van der Waals surface area contributed by atoms with Gasteiger partial charge in [-0.2, -0.15) is 0 Å². The van der Waals surface area contributed by atoms with Crippen molar-refractivity contribution in [1.29, 1.82) is 0 Å². The predicted molar refractivity (Wildman–Crippen MR) is 170 cm³/mol. The van der Waals surface area contributed by atoms with Crippen LogP contribution in [0.3, 0.4) is 0 Å². The minimum absolute atomic E-state index is 0.0232. The van der Waals surface area contributed by atoms with E-state index in [-0.39, 0.29) is 31.1 Å². The van der Waals surface area contributed by atoms with E-state index < -0.39 is 107 Å². The lowest BCUT2D eigenvalue weighted by atomic mass is 9.51. The Hall–Kier alpha value is -4.31. The molecule has 4 aliphatic rings. The molecule has 0 aromatic heterocycles. The molecule has 51 heavy (non-hydrogen) atoms. The topological polar surface area (TPSA) is 217 Å². The summed E-state index contributed by atoms with van der Waals surface area (Å²) in [5.41, 5.74) is -5.88. The molecule has 4 rings (SSSR count). The second-order valence-electron chi connectivity index (χ2n) is 14.1. The molecule has 16 heteroatoms. The Morgan fingerprint density at radius 1 is 0.863 bits per heavy atom. The number of epoxide rings is 1. The van der Waals surface area contributed by atoms with Crippen LogP contribution in [0.4, 0.5) is 0 Å². The number of esters is 7. The van der Waals surface area contributed by atoms with Gasteiger partial charge >= 0.3 is 41.8 Å². The zero-order chi connectivity index (χ0) is 38.2. The van der Waals surface area contributed by atoms with Gasteiger partial charge in [0, 0.05) is 47.0 Å². The molecule has 2 saturated heterocycles. The van der Waals surface area contributed by atoms with E-state index in [1.807, 2.05) is 13.8 Å². The van der Waals surface area contributed by atoms with E-state index in [2.05, 4.69) is 0 Å². The maximum atomic E-state index is 13.3. The van der Waals surface area contributed by atoms with E-state index in [0.29, 0.717) is 0 Å². The molecule has 2 aliphatic heterocycles. The molecule has 0 bridgehead atoms. The van der Waals surface area contributed by atoms with Gasteiger partial charge in [-0.3, -0.25) is 33.6 Å². The monoisotopic (exact) mass is 722 g/mol. The fourth-order valence-corrected chi connectivity index (χ4v) is 7.66. The number of rotatable bonds is 9. The molecule has 0 aromatic carbocycles. The SMILES string of the molecule is CC(=O)OC1C(OC(C)=O)C2(CO2)C2C(OC(C)=O)C3(O)C(C=C(COC(=O)CC(C)C)C=CC(OC(C)=O)C2(C)C1OC(C)=O)OC(=O)C3C. The Bertz CT molecular complexity index is 1510. The van der Waals surface area contributed by atoms with Crippen molar-refractivity contribution in [2.45, 2.75) is 117 Å². The van der Waals surface area contributed by atoms with Crippen LogP contribution in [0.1, 0.15) is 68.7 Å². The van der Waals surface area contributed by atoms with Gasteiger partial charge in [0.1, 0.15) is 24.4 Å². The molecule has 1 saturated carbocycles. The van der Waals surface area contributed by atoms with Crippen molar-refractivity contribution in [3.63, 3.8) is 0 Å². The molecular formula is C35H46O16. The summed E-state index contributed by atoms with van der Waals surface area (Å²) in [7, 11) is 0. The van der Waals surface area contributed by atoms with Crippen LogP contribution in [0, 0.1) is 23.2 Å². The Morgan fingerprint density at radius 2 is 1.39 bits per heavy atom. The number of hydrogen-bond acceptors (Lipinski definition) is 16. The molecule has 16 nitrogen and oxygen atoms in total. The van der Waals surface area contributed by atoms with Crippen LogP contribution in [0.25, 0.3) is 0 Å². The fourth-order valence-electron chi connectivity index (χ4n) is 7.66. The van der Waals surface area contributed by atoms with Gasteiger partial charge in [0.25, 0.3) is 0 Å². The van der Waals surface area contributed by atoms with Gasteiger partial charge in [0.05, 0.1) is 17.9 Å². The Morgan fingerprint density at radius 3 is 1.90 bits per heavy atom. The Labute approximate surface area is 295 Å². The lowest BCUT2D eigenvalue weighted by Gasteiger charge is -2.59. The first-order valence-electron chi connectivity index (χ1n) is 16.7. The summed E-state index contributed by atoms with van der Waals surface area (Å²) >= 11 is 0. The van der Waals surface area contributed by atoms with E-state index in [1.54, 1.807) is 0 Å². The largest absolute Gasteiger partial charge is 0.461 e. The second-order valence-corrected chi connectivity index (χ2v) is 14.1. The van der Waals surface area contributed by atoms with Gasteiger partial charge in [-0.05, 0) is 30.6 Å². The standard InChI is InChI=1S/C35H46O16/c1-16(2)12-26(41)44-14-23-10-11-24(46-18(4)36)33(9)28(31(50-22(8)40)35(43)17(3)32(42)51-25(35)13-23)34(15-45-34)30(49-21(7)39)27(47-19(5)37)29(33)48-20(6)38/h10-11,13,16-17,24-25,27-31,43H,12,14-15H2,1-9H3. The molecule has 11 unspecified atom stereocenters. The summed E-state index contributed by atoms with van der Waals surface area (Å²) in [6, 6.07) is 0. The van der Waals surface area contributed by atoms with Crippen molar-refractivity contribution in [3.8, 4) is 0 Å². The molecule has 3 fully saturated rings. The highest BCUT2D eigenvalue weighted by Crippen LogP contribution is 2.63. The van der Waals surface area contributed by atoms with Crippen molar-refractivity contribution in [2.24, 2.45) is 23.2 Å². The minimum Gasteiger partial charge on any atom is -0.461 e. The third-order valence-corrected chi connectivity index (χ3v) is 9.78. The molecule has 1 N–H and O–H groups in total. The van der Waals surface area contributed by atoms with E-state index in [1.165, 1.54) is 32.1 Å². The predicted octanol–water partition coefficient (Wildman–Crippen LogP) is 1.43. The summed E-state index contributed by atoms with van der Waals surface area (Å²) in [4.78, 5) is 89.8. The molecule has 0 amide bonds. The molecule has 11 atom stereocenters. The van der Waals surface area contributed by atoms with Gasteiger partial charge in [-0.15, -0.1) is 0 Å². The molecule has 1 spiro atoms. The van der Waals surface area contributed by atoms with Crippen LogP contribution in [-0.4, -0.2) is 108 Å². The maximum absolute atomic E-state index is 13.3. The number of aliphatic hydroxyl groups is 1. The van der Waals surface area contributed by atoms with Crippen LogP contribution in [0.15, 0.2) is 23.8 Å². The fraction of sp³-hybridized carbons (Fsp3) is 0.686. The molecule has 0 radical (unpaired) electrons. The third kappa shape index (κ3) is 7.66. The van der Waals surface area contributed by atoms with Crippen molar-refractivity contribution in [2.75, 3.05) is 13.2 Å². The zero-order valence-corrected chi connectivity index (χ0v) is 30.1. The van der Waals surface area contributed by atoms with E-state index in [0.717, 1.165) is 34.6 Å². The first-order chi connectivity index (χ1) is 23.7. The molecule has 2 heterocycles. The van der Waals surface area contributed by atoms with Gasteiger partial charge in [0.2, 0.25) is 0 Å². The van der Waals surface area contributed by atoms with Crippen molar-refractivity contribution < 1.29 is 76.6 Å². The normalized spacial score (nSPS) is 36.8. The summed E-state index contributed by atoms with van der Waals surface area (Å²) in [6.45, 7) is 11.3. The minimum atomic E-state index is -2.43. The average Bonchev–Trinajstić information content (AvgIpc) is 3.75. The second kappa shape index (κ2) is 14.7. The Balaban J connectivity index is 2.11. The number of ether oxygens (including phenoxy) is 8. The van der Waals surface area contributed by atoms with E-state index >= 15 is 0 Å². The number of fused-ring (bicyclic) bond motifs is 3. The summed E-state index contributed by atoms with van der Waals surface area (Å²) in [6.07, 6.45) is -5.35. The third-order valence-electron chi connectivity index (χ3n) is 9.78. The van der Waals surface area contributed by atoms with E-state index in [4.69, 9.17) is 37.9 Å². The zero-order valence-electron chi connectivity index (χ0n) is 30.1. The van der Waals surface area contributed by atoms with Crippen molar-refractivity contribution >= 4 is 41.8 Å². The van der Waals surface area contributed by atoms with Gasteiger partial charge in [0.15, 0.2) is 30.0 Å². The van der Waals surface area contributed by atoms with Crippen LogP contribution >= 0.6 is 0 Å². The first-order valence-corrected chi connectivity index (χ1v) is 16.7. The number of carbonyl (C=O) groups is 7. The number of carbonyl (C=O) groups excluding carboxylic acids is 7. The quantitative estimate of drug-likeness (QED) is 0.202. The van der Waals surface area contributed by atoms with Crippen molar-refractivity contribution in [3.05, 3.63) is 23.8 Å². The molecule has 0 aromatic rings. The van der Waals surface area contributed by atoms with Crippen LogP contribution in [0.2, 0.25) is 0 Å². The van der Waals surface area contributed by atoms with Gasteiger partial charge in [-0.1, -0.05) is 26.8 Å². The highest BCUT2D eigenvalue weighted by atomic mass is 16.7. The average molecular weight is 723 g/mol. The smallest absolute Gasteiger partial charge is 0.312 e. The summed E-state index contributed by atoms with van der Waals surface area (Å²) in [5.74, 6) is -8.62. The van der Waals surface area contributed by atoms with Crippen molar-refractivity contribution in [1.82, 2.24) is 0 Å². The highest BCUT2D eigenvalue weighted by molar-refractivity contribution is 5.78. The van der Waals surface area contributed by atoms with Crippen LogP contribution in [0.5, 0.6) is 0 Å². The molecule has 2 aliphatic carbocycles. The molecule has 282 valence electrons. The number of hydrogen-bond donors (Lipinski definition) is 1.